The van der Waals surface area contributed by atoms with Crippen molar-refractivity contribution >= 4 is 21.6 Å². The van der Waals surface area contributed by atoms with E-state index >= 15 is 0 Å². The van der Waals surface area contributed by atoms with Crippen LogP contribution in [0.15, 0.2) is 39.9 Å². The molecule has 0 atom stereocenters. The number of allylic oxidation sites excluding steroid dienone is 5. The molecule has 0 unspecified atom stereocenters. The van der Waals surface area contributed by atoms with Crippen LogP contribution in [0.25, 0.3) is 0 Å². The lowest BCUT2D eigenvalue weighted by Gasteiger charge is -2.09. The molecule has 0 saturated heterocycles. The van der Waals surface area contributed by atoms with Crippen molar-refractivity contribution in [2.45, 2.75) is 6.42 Å². The third-order valence-electron chi connectivity index (χ3n) is 1.93. The first kappa shape index (κ1) is 11.4. The maximum atomic E-state index is 4.49. The second kappa shape index (κ2) is 5.94. The molecule has 3 heteroatoms. The van der Waals surface area contributed by atoms with Gasteiger partial charge in [0.15, 0.2) is 0 Å². The Labute approximate surface area is 93.6 Å². The van der Waals surface area contributed by atoms with Crippen LogP contribution in [0.4, 0.5) is 0 Å². The van der Waals surface area contributed by atoms with Crippen LogP contribution in [0.3, 0.4) is 0 Å². The SMILES string of the molecule is C=C1C=CC=C(Br)C1=NCCCNC. The molecule has 14 heavy (non-hydrogen) atoms. The predicted molar refractivity (Wildman–Crippen MR) is 66.1 cm³/mol. The molecule has 0 aromatic carbocycles. The molecule has 0 aliphatic heterocycles. The summed E-state index contributed by atoms with van der Waals surface area (Å²) in [6.07, 6.45) is 6.99. The van der Waals surface area contributed by atoms with Gasteiger partial charge in [-0.1, -0.05) is 18.7 Å². The average Bonchev–Trinajstić information content (AvgIpc) is 2.16. The molecule has 1 aliphatic carbocycles. The van der Waals surface area contributed by atoms with E-state index in [1.165, 1.54) is 0 Å². The van der Waals surface area contributed by atoms with E-state index in [1.54, 1.807) is 0 Å². The lowest BCUT2D eigenvalue weighted by Crippen LogP contribution is -2.10. The number of nitrogens with zero attached hydrogens (tertiary/aromatic N) is 1. The molecule has 1 N–H and O–H groups in total. The fourth-order valence-corrected chi connectivity index (χ4v) is 1.72. The van der Waals surface area contributed by atoms with Gasteiger partial charge in [0.1, 0.15) is 0 Å². The first-order valence-electron chi connectivity index (χ1n) is 4.68. The number of nitrogens with one attached hydrogen (secondary N) is 1. The zero-order valence-corrected chi connectivity index (χ0v) is 9.97. The van der Waals surface area contributed by atoms with Crippen molar-refractivity contribution in [1.29, 1.82) is 0 Å². The molecular weight excluding hydrogens is 240 g/mol. The minimum atomic E-state index is 0.839. The Morgan fingerprint density at radius 1 is 1.57 bits per heavy atom. The highest BCUT2D eigenvalue weighted by Gasteiger charge is 2.08. The molecule has 1 rings (SSSR count). The standard InChI is InChI=1S/C11H15BrN2/c1-9-5-3-6-10(12)11(9)14-8-4-7-13-2/h3,5-6,13H,1,4,7-8H2,2H3. The van der Waals surface area contributed by atoms with E-state index in [2.05, 4.69) is 32.8 Å². The molecule has 0 heterocycles. The highest BCUT2D eigenvalue weighted by molar-refractivity contribution is 9.12. The minimum Gasteiger partial charge on any atom is -0.320 e. The summed E-state index contributed by atoms with van der Waals surface area (Å²) in [6.45, 7) is 5.78. The van der Waals surface area contributed by atoms with Crippen LogP contribution in [0.5, 0.6) is 0 Å². The van der Waals surface area contributed by atoms with Gasteiger partial charge < -0.3 is 5.32 Å². The van der Waals surface area contributed by atoms with Gasteiger partial charge in [0.05, 0.1) is 5.71 Å². The molecule has 2 nitrogen and oxygen atoms in total. The van der Waals surface area contributed by atoms with Crippen LogP contribution in [-0.4, -0.2) is 25.8 Å². The van der Waals surface area contributed by atoms with Crippen molar-refractivity contribution in [1.82, 2.24) is 5.32 Å². The second-order valence-corrected chi connectivity index (χ2v) is 3.94. The maximum Gasteiger partial charge on any atom is 0.0782 e. The molecule has 0 bridgehead atoms. The zero-order valence-electron chi connectivity index (χ0n) is 8.39. The van der Waals surface area contributed by atoms with Gasteiger partial charge in [-0.25, -0.2) is 0 Å². The van der Waals surface area contributed by atoms with Gasteiger partial charge in [-0.05, 0) is 47.6 Å². The lowest BCUT2D eigenvalue weighted by molar-refractivity contribution is 0.734. The minimum absolute atomic E-state index is 0.839. The maximum absolute atomic E-state index is 4.49. The average molecular weight is 255 g/mol. The summed E-state index contributed by atoms with van der Waals surface area (Å²) in [5, 5.41) is 3.10. The Morgan fingerprint density at radius 3 is 3.00 bits per heavy atom. The van der Waals surface area contributed by atoms with Gasteiger partial charge in [0.25, 0.3) is 0 Å². The van der Waals surface area contributed by atoms with Gasteiger partial charge >= 0.3 is 0 Å². The predicted octanol–water partition coefficient (Wildman–Crippen LogP) is 2.44. The fourth-order valence-electron chi connectivity index (χ4n) is 1.18. The van der Waals surface area contributed by atoms with Crippen LogP contribution in [0, 0.1) is 0 Å². The van der Waals surface area contributed by atoms with Gasteiger partial charge in [0, 0.05) is 11.0 Å². The molecule has 76 valence electrons. The molecule has 0 saturated carbocycles. The number of hydrogen-bond acceptors (Lipinski definition) is 2. The molecule has 1 aliphatic rings. The van der Waals surface area contributed by atoms with E-state index in [4.69, 9.17) is 0 Å². The molecule has 0 spiro atoms. The third-order valence-corrected chi connectivity index (χ3v) is 2.57. The first-order valence-corrected chi connectivity index (χ1v) is 5.47. The van der Waals surface area contributed by atoms with Gasteiger partial charge in [0.2, 0.25) is 0 Å². The van der Waals surface area contributed by atoms with Crippen molar-refractivity contribution < 1.29 is 0 Å². The Kier molecular flexibility index (Phi) is 4.84. The summed E-state index contributed by atoms with van der Waals surface area (Å²) in [5.41, 5.74) is 1.95. The lowest BCUT2D eigenvalue weighted by atomic mass is 10.1. The molecule has 0 amide bonds. The van der Waals surface area contributed by atoms with E-state index in [-0.39, 0.29) is 0 Å². The Hall–Kier alpha value is -0.670. The zero-order chi connectivity index (χ0) is 10.4. The van der Waals surface area contributed by atoms with Gasteiger partial charge in [-0.15, -0.1) is 0 Å². The van der Waals surface area contributed by atoms with E-state index in [0.29, 0.717) is 0 Å². The quantitative estimate of drug-likeness (QED) is 0.766. The summed E-state index contributed by atoms with van der Waals surface area (Å²) in [6, 6.07) is 0. The summed E-state index contributed by atoms with van der Waals surface area (Å²) in [4.78, 5) is 4.49. The Morgan fingerprint density at radius 2 is 2.36 bits per heavy atom. The summed E-state index contributed by atoms with van der Waals surface area (Å²) < 4.78 is 1.02. The van der Waals surface area contributed by atoms with Crippen molar-refractivity contribution in [3.05, 3.63) is 34.9 Å². The van der Waals surface area contributed by atoms with Crippen LogP contribution in [0.1, 0.15) is 6.42 Å². The number of hydrogen-bond donors (Lipinski definition) is 1. The molecule has 0 radical (unpaired) electrons. The summed E-state index contributed by atoms with van der Waals surface area (Å²) >= 11 is 3.47. The summed E-state index contributed by atoms with van der Waals surface area (Å²) in [7, 11) is 1.95. The number of aliphatic imine (C=N–C) groups is 1. The van der Waals surface area contributed by atoms with Crippen LogP contribution in [-0.2, 0) is 0 Å². The monoisotopic (exact) mass is 254 g/mol. The fraction of sp³-hybridized carbons (Fsp3) is 0.364. The third kappa shape index (κ3) is 3.24. The first-order chi connectivity index (χ1) is 6.75. The topological polar surface area (TPSA) is 24.4 Å². The van der Waals surface area contributed by atoms with Crippen molar-refractivity contribution in [3.8, 4) is 0 Å². The van der Waals surface area contributed by atoms with E-state index < -0.39 is 0 Å². The van der Waals surface area contributed by atoms with Crippen molar-refractivity contribution in [3.63, 3.8) is 0 Å². The van der Waals surface area contributed by atoms with Gasteiger partial charge in [-0.3, -0.25) is 4.99 Å². The Bertz CT molecular complexity index is 300. The molecule has 0 aromatic rings. The second-order valence-electron chi connectivity index (χ2n) is 3.09. The van der Waals surface area contributed by atoms with Crippen molar-refractivity contribution in [2.24, 2.45) is 4.99 Å². The van der Waals surface area contributed by atoms with Crippen LogP contribution >= 0.6 is 15.9 Å². The highest BCUT2D eigenvalue weighted by Crippen LogP contribution is 2.19. The van der Waals surface area contributed by atoms with E-state index in [0.717, 1.165) is 35.3 Å². The van der Waals surface area contributed by atoms with Gasteiger partial charge in [-0.2, -0.15) is 0 Å². The molecular formula is C11H15BrN2. The van der Waals surface area contributed by atoms with E-state index in [1.807, 2.05) is 25.3 Å². The molecule has 0 fully saturated rings. The largest absolute Gasteiger partial charge is 0.320 e. The van der Waals surface area contributed by atoms with Crippen molar-refractivity contribution in [2.75, 3.05) is 20.1 Å². The smallest absolute Gasteiger partial charge is 0.0782 e. The van der Waals surface area contributed by atoms with Crippen LogP contribution < -0.4 is 5.32 Å². The molecule has 0 aromatic heterocycles. The summed E-state index contributed by atoms with van der Waals surface area (Å²) in [5.74, 6) is 0. The normalized spacial score (nSPS) is 18.9. The number of halogens is 1. The number of rotatable bonds is 4. The Balaban J connectivity index is 2.53. The highest BCUT2D eigenvalue weighted by atomic mass is 79.9. The van der Waals surface area contributed by atoms with Crippen LogP contribution in [0.2, 0.25) is 0 Å². The van der Waals surface area contributed by atoms with E-state index in [9.17, 15) is 0 Å².